The molecule has 4 rings (SSSR count). The molecule has 1 N–H and O–H groups in total. The summed E-state index contributed by atoms with van der Waals surface area (Å²) < 4.78 is 24.9. The summed E-state index contributed by atoms with van der Waals surface area (Å²) in [6.07, 6.45) is 1.49. The highest BCUT2D eigenvalue weighted by Gasteiger charge is 2.34. The molecule has 0 saturated carbocycles. The lowest BCUT2D eigenvalue weighted by Crippen LogP contribution is -2.35. The van der Waals surface area contributed by atoms with Crippen LogP contribution in [-0.2, 0) is 16.2 Å². The zero-order valence-electron chi connectivity index (χ0n) is 16.7. The Morgan fingerprint density at radius 2 is 1.71 bits per heavy atom. The van der Waals surface area contributed by atoms with Gasteiger partial charge in [0.1, 0.15) is 18.0 Å². The Bertz CT molecular complexity index is 1160. The molecule has 0 spiro atoms. The molecule has 3 aromatic carbocycles. The summed E-state index contributed by atoms with van der Waals surface area (Å²) in [6, 6.07) is 20.2. The lowest BCUT2D eigenvalue weighted by atomic mass is 10.1. The second-order valence-corrected chi connectivity index (χ2v) is 6.77. The minimum absolute atomic E-state index is 0.00549. The molecule has 0 bridgehead atoms. The number of rotatable bonds is 6. The normalized spacial score (nSPS) is 14.6. The predicted octanol–water partition coefficient (Wildman–Crippen LogP) is 3.87. The minimum Gasteiger partial charge on any atom is -0.493 e. The minimum atomic E-state index is -0.493. The van der Waals surface area contributed by atoms with Crippen molar-refractivity contribution in [2.45, 2.75) is 6.61 Å². The topological polar surface area (TPSA) is 67.9 Å². The third kappa shape index (κ3) is 4.25. The number of ether oxygens (including phenoxy) is 2. The van der Waals surface area contributed by atoms with Crippen molar-refractivity contribution in [2.75, 3.05) is 12.1 Å². The van der Waals surface area contributed by atoms with E-state index in [0.29, 0.717) is 28.3 Å². The molecule has 0 unspecified atom stereocenters. The highest BCUT2D eigenvalue weighted by molar-refractivity contribution is 6.31. The molecule has 1 fully saturated rings. The van der Waals surface area contributed by atoms with Crippen LogP contribution < -0.4 is 19.9 Å². The standard InChI is InChI=1S/C24H19FN2O4/c1-30-22-14-16(11-12-21(22)31-15-17-7-5-6-10-20(17)25)13-19-23(28)26-27(24(19)29)18-8-3-2-4-9-18/h2-14H,15H2,1H3,(H,26,28)/b19-13-. The first-order valence-corrected chi connectivity index (χ1v) is 9.53. The van der Waals surface area contributed by atoms with Crippen LogP contribution in [0.2, 0.25) is 0 Å². The van der Waals surface area contributed by atoms with E-state index in [1.807, 2.05) is 6.07 Å². The van der Waals surface area contributed by atoms with Crippen molar-refractivity contribution in [1.29, 1.82) is 0 Å². The van der Waals surface area contributed by atoms with E-state index in [1.54, 1.807) is 60.7 Å². The van der Waals surface area contributed by atoms with Gasteiger partial charge in [-0.3, -0.25) is 15.0 Å². The van der Waals surface area contributed by atoms with Gasteiger partial charge in [0, 0.05) is 5.56 Å². The number of carbonyl (C=O) groups excluding carboxylic acids is 2. The van der Waals surface area contributed by atoms with Gasteiger partial charge in [0.25, 0.3) is 11.8 Å². The van der Waals surface area contributed by atoms with Gasteiger partial charge in [0.05, 0.1) is 12.8 Å². The van der Waals surface area contributed by atoms with Crippen molar-refractivity contribution in [3.8, 4) is 11.5 Å². The first-order chi connectivity index (χ1) is 15.1. The fourth-order valence-corrected chi connectivity index (χ4v) is 3.15. The SMILES string of the molecule is COc1cc(/C=C2/C(=O)NN(c3ccccc3)C2=O)ccc1OCc1ccccc1F. The van der Waals surface area contributed by atoms with Crippen molar-refractivity contribution in [3.05, 3.63) is 95.3 Å². The summed E-state index contributed by atoms with van der Waals surface area (Å²) in [5, 5.41) is 1.21. The molecule has 0 aromatic heterocycles. The number of methoxy groups -OCH3 is 1. The molecular formula is C24H19FN2O4. The van der Waals surface area contributed by atoms with Gasteiger partial charge in [-0.25, -0.2) is 9.40 Å². The smallest absolute Gasteiger partial charge is 0.282 e. The van der Waals surface area contributed by atoms with Crippen molar-refractivity contribution in [3.63, 3.8) is 0 Å². The number of nitrogens with zero attached hydrogens (tertiary/aromatic N) is 1. The van der Waals surface area contributed by atoms with E-state index in [2.05, 4.69) is 5.43 Å². The van der Waals surface area contributed by atoms with E-state index in [9.17, 15) is 14.0 Å². The predicted molar refractivity (Wildman–Crippen MR) is 114 cm³/mol. The molecule has 1 saturated heterocycles. The van der Waals surface area contributed by atoms with Gasteiger partial charge in [0.2, 0.25) is 0 Å². The molecule has 1 aliphatic heterocycles. The quantitative estimate of drug-likeness (QED) is 0.487. The third-order valence-corrected chi connectivity index (χ3v) is 4.75. The van der Waals surface area contributed by atoms with Crippen LogP contribution in [0.1, 0.15) is 11.1 Å². The van der Waals surface area contributed by atoms with E-state index < -0.39 is 11.8 Å². The van der Waals surface area contributed by atoms with Crippen molar-refractivity contribution in [1.82, 2.24) is 5.43 Å². The fourth-order valence-electron chi connectivity index (χ4n) is 3.15. The van der Waals surface area contributed by atoms with E-state index in [0.717, 1.165) is 0 Å². The lowest BCUT2D eigenvalue weighted by molar-refractivity contribution is -0.117. The van der Waals surface area contributed by atoms with Crippen LogP contribution in [0.4, 0.5) is 10.1 Å². The summed E-state index contributed by atoms with van der Waals surface area (Å²) in [7, 11) is 1.48. The van der Waals surface area contributed by atoms with Crippen molar-refractivity contribution in [2.24, 2.45) is 0 Å². The van der Waals surface area contributed by atoms with Crippen LogP contribution in [0.25, 0.3) is 6.08 Å². The molecule has 0 radical (unpaired) electrons. The Morgan fingerprint density at radius 3 is 2.45 bits per heavy atom. The highest BCUT2D eigenvalue weighted by atomic mass is 19.1. The Balaban J connectivity index is 1.55. The number of hydrogen-bond donors (Lipinski definition) is 1. The number of para-hydroxylation sites is 1. The average Bonchev–Trinajstić information content (AvgIpc) is 3.08. The van der Waals surface area contributed by atoms with Crippen LogP contribution >= 0.6 is 0 Å². The summed E-state index contributed by atoms with van der Waals surface area (Å²) in [4.78, 5) is 25.1. The summed E-state index contributed by atoms with van der Waals surface area (Å²) in [6.45, 7) is 0.0381. The molecule has 3 aromatic rings. The van der Waals surface area contributed by atoms with Crippen LogP contribution in [0.15, 0.2) is 78.4 Å². The van der Waals surface area contributed by atoms with Gasteiger partial charge in [0.15, 0.2) is 11.5 Å². The number of benzene rings is 3. The van der Waals surface area contributed by atoms with Gasteiger partial charge in [-0.05, 0) is 42.0 Å². The number of hydrazine groups is 1. The molecule has 6 nitrogen and oxygen atoms in total. The zero-order chi connectivity index (χ0) is 21.8. The average molecular weight is 418 g/mol. The van der Waals surface area contributed by atoms with Gasteiger partial charge in [-0.15, -0.1) is 0 Å². The molecule has 7 heteroatoms. The van der Waals surface area contributed by atoms with Crippen molar-refractivity contribution >= 4 is 23.6 Å². The van der Waals surface area contributed by atoms with Crippen LogP contribution in [0.3, 0.4) is 0 Å². The van der Waals surface area contributed by atoms with E-state index in [4.69, 9.17) is 9.47 Å². The Hall–Kier alpha value is -4.13. The summed E-state index contributed by atoms with van der Waals surface area (Å²) in [5.74, 6) is -0.475. The maximum atomic E-state index is 13.8. The monoisotopic (exact) mass is 418 g/mol. The molecule has 1 heterocycles. The maximum Gasteiger partial charge on any atom is 0.282 e. The highest BCUT2D eigenvalue weighted by Crippen LogP contribution is 2.30. The number of halogens is 1. The number of carbonyl (C=O) groups is 2. The van der Waals surface area contributed by atoms with Gasteiger partial charge >= 0.3 is 0 Å². The van der Waals surface area contributed by atoms with E-state index >= 15 is 0 Å². The van der Waals surface area contributed by atoms with E-state index in [1.165, 1.54) is 24.3 Å². The fraction of sp³-hybridized carbons (Fsp3) is 0.0833. The maximum absolute atomic E-state index is 13.8. The van der Waals surface area contributed by atoms with Gasteiger partial charge in [-0.2, -0.15) is 0 Å². The van der Waals surface area contributed by atoms with Crippen LogP contribution in [0, 0.1) is 5.82 Å². The zero-order valence-corrected chi connectivity index (χ0v) is 16.7. The number of anilines is 1. The Labute approximate surface area is 178 Å². The Kier molecular flexibility index (Phi) is 5.66. The molecular weight excluding hydrogens is 399 g/mol. The van der Waals surface area contributed by atoms with E-state index in [-0.39, 0.29) is 18.0 Å². The van der Waals surface area contributed by atoms with Crippen molar-refractivity contribution < 1.29 is 23.5 Å². The molecule has 0 aliphatic carbocycles. The first kappa shape index (κ1) is 20.2. The number of nitrogens with one attached hydrogen (secondary N) is 1. The molecule has 0 atom stereocenters. The van der Waals surface area contributed by atoms with Gasteiger partial charge < -0.3 is 9.47 Å². The van der Waals surface area contributed by atoms with Crippen LogP contribution in [0.5, 0.6) is 11.5 Å². The summed E-state index contributed by atoms with van der Waals surface area (Å²) >= 11 is 0. The second kappa shape index (κ2) is 8.71. The molecule has 156 valence electrons. The van der Waals surface area contributed by atoms with Crippen LogP contribution in [-0.4, -0.2) is 18.9 Å². The first-order valence-electron chi connectivity index (χ1n) is 9.53. The largest absolute Gasteiger partial charge is 0.493 e. The number of amides is 2. The van der Waals surface area contributed by atoms with Gasteiger partial charge in [-0.1, -0.05) is 42.5 Å². The molecule has 2 amide bonds. The summed E-state index contributed by atoms with van der Waals surface area (Å²) in [5.41, 5.74) is 4.14. The molecule has 1 aliphatic rings. The number of hydrogen-bond acceptors (Lipinski definition) is 4. The molecule has 31 heavy (non-hydrogen) atoms. The lowest BCUT2D eigenvalue weighted by Gasteiger charge is -2.14. The third-order valence-electron chi connectivity index (χ3n) is 4.75. The second-order valence-electron chi connectivity index (χ2n) is 6.77. The Morgan fingerprint density at radius 1 is 0.968 bits per heavy atom.